The molecule has 1 saturated heterocycles. The third kappa shape index (κ3) is 3.12. The number of rotatable bonds is 3. The van der Waals surface area contributed by atoms with Crippen molar-refractivity contribution in [2.75, 3.05) is 31.1 Å². The fraction of sp³-hybridized carbons (Fsp3) is 0.562. The highest BCUT2D eigenvalue weighted by atomic mass is 16.2. The van der Waals surface area contributed by atoms with Crippen molar-refractivity contribution in [3.63, 3.8) is 0 Å². The summed E-state index contributed by atoms with van der Waals surface area (Å²) in [7, 11) is 0. The van der Waals surface area contributed by atoms with Gasteiger partial charge in [0.2, 0.25) is 5.91 Å². The van der Waals surface area contributed by atoms with Crippen molar-refractivity contribution < 1.29 is 4.79 Å². The van der Waals surface area contributed by atoms with Crippen LogP contribution in [0.5, 0.6) is 0 Å². The maximum atomic E-state index is 12.2. The Morgan fingerprint density at radius 3 is 2.30 bits per heavy atom. The monoisotopic (exact) mass is 275 g/mol. The zero-order valence-corrected chi connectivity index (χ0v) is 12.7. The van der Waals surface area contributed by atoms with Crippen molar-refractivity contribution in [3.05, 3.63) is 29.8 Å². The second-order valence-electron chi connectivity index (χ2n) is 5.87. The van der Waals surface area contributed by atoms with E-state index in [0.29, 0.717) is 0 Å². The number of nitrogens with zero attached hydrogens (tertiary/aromatic N) is 2. The van der Waals surface area contributed by atoms with Gasteiger partial charge in [-0.25, -0.2) is 0 Å². The van der Waals surface area contributed by atoms with Crippen LogP contribution in [0, 0.1) is 12.8 Å². The molecule has 4 heteroatoms. The van der Waals surface area contributed by atoms with E-state index in [-0.39, 0.29) is 17.9 Å². The first-order valence-corrected chi connectivity index (χ1v) is 7.35. The summed E-state index contributed by atoms with van der Waals surface area (Å²) in [5, 5.41) is 0. The third-order valence-corrected chi connectivity index (χ3v) is 4.05. The van der Waals surface area contributed by atoms with Crippen molar-refractivity contribution in [1.29, 1.82) is 0 Å². The van der Waals surface area contributed by atoms with Crippen LogP contribution in [0.3, 0.4) is 0 Å². The summed E-state index contributed by atoms with van der Waals surface area (Å²) in [4.78, 5) is 16.5. The summed E-state index contributed by atoms with van der Waals surface area (Å²) in [5.41, 5.74) is 8.51. The van der Waals surface area contributed by atoms with Gasteiger partial charge in [-0.05, 0) is 24.5 Å². The molecule has 0 aliphatic carbocycles. The topological polar surface area (TPSA) is 49.6 Å². The van der Waals surface area contributed by atoms with Crippen LogP contribution in [0.15, 0.2) is 24.3 Å². The quantitative estimate of drug-likeness (QED) is 0.912. The third-order valence-electron chi connectivity index (χ3n) is 4.05. The number of carbonyl (C=O) groups excluding carboxylic acids is 1. The van der Waals surface area contributed by atoms with Gasteiger partial charge >= 0.3 is 0 Å². The predicted molar refractivity (Wildman–Crippen MR) is 82.8 cm³/mol. The van der Waals surface area contributed by atoms with Crippen molar-refractivity contribution in [1.82, 2.24) is 4.90 Å². The van der Waals surface area contributed by atoms with Crippen LogP contribution in [0.4, 0.5) is 5.69 Å². The van der Waals surface area contributed by atoms with E-state index in [2.05, 4.69) is 36.1 Å². The molecule has 0 bridgehead atoms. The van der Waals surface area contributed by atoms with Gasteiger partial charge in [0.25, 0.3) is 0 Å². The molecule has 1 amide bonds. The fourth-order valence-electron chi connectivity index (χ4n) is 2.58. The number of nitrogens with two attached hydrogens (primary N) is 1. The van der Waals surface area contributed by atoms with E-state index >= 15 is 0 Å². The molecule has 1 heterocycles. The van der Waals surface area contributed by atoms with Gasteiger partial charge in [-0.2, -0.15) is 0 Å². The molecule has 20 heavy (non-hydrogen) atoms. The van der Waals surface area contributed by atoms with E-state index in [4.69, 9.17) is 5.73 Å². The normalized spacial score (nSPS) is 17.4. The number of benzene rings is 1. The van der Waals surface area contributed by atoms with Gasteiger partial charge in [-0.3, -0.25) is 4.79 Å². The van der Waals surface area contributed by atoms with Crippen LogP contribution in [0.25, 0.3) is 0 Å². The summed E-state index contributed by atoms with van der Waals surface area (Å²) < 4.78 is 0. The van der Waals surface area contributed by atoms with Crippen LogP contribution in [-0.4, -0.2) is 43.0 Å². The first-order chi connectivity index (χ1) is 9.50. The Bertz CT molecular complexity index is 465. The first-order valence-electron chi connectivity index (χ1n) is 7.35. The molecule has 0 radical (unpaired) electrons. The lowest BCUT2D eigenvalue weighted by molar-refractivity contribution is -0.133. The molecule has 1 aromatic rings. The molecule has 4 nitrogen and oxygen atoms in total. The Kier molecular flexibility index (Phi) is 4.65. The molecular formula is C16H25N3O. The number of hydrogen-bond acceptors (Lipinski definition) is 3. The second-order valence-corrected chi connectivity index (χ2v) is 5.87. The largest absolute Gasteiger partial charge is 0.368 e. The van der Waals surface area contributed by atoms with Crippen molar-refractivity contribution in [2.45, 2.75) is 26.8 Å². The Morgan fingerprint density at radius 2 is 1.75 bits per heavy atom. The molecule has 1 aliphatic rings. The van der Waals surface area contributed by atoms with Gasteiger partial charge in [-0.1, -0.05) is 32.0 Å². The second kappa shape index (κ2) is 6.27. The zero-order valence-electron chi connectivity index (χ0n) is 12.7. The molecule has 1 atom stereocenters. The highest BCUT2D eigenvalue weighted by Gasteiger charge is 2.27. The summed E-state index contributed by atoms with van der Waals surface area (Å²) >= 11 is 0. The smallest absolute Gasteiger partial charge is 0.239 e. The summed E-state index contributed by atoms with van der Waals surface area (Å²) in [6.07, 6.45) is 0. The molecule has 0 aromatic heterocycles. The molecular weight excluding hydrogens is 250 g/mol. The van der Waals surface area contributed by atoms with Gasteiger partial charge in [-0.15, -0.1) is 0 Å². The van der Waals surface area contributed by atoms with Crippen LogP contribution in [0.1, 0.15) is 19.4 Å². The molecule has 110 valence electrons. The molecule has 1 aromatic carbocycles. The van der Waals surface area contributed by atoms with E-state index in [0.717, 1.165) is 26.2 Å². The summed E-state index contributed by atoms with van der Waals surface area (Å²) in [5.74, 6) is 0.279. The van der Waals surface area contributed by atoms with Crippen LogP contribution in [0.2, 0.25) is 0 Å². The zero-order chi connectivity index (χ0) is 14.7. The molecule has 0 spiro atoms. The SMILES string of the molecule is Cc1ccccc1N1CCN(C(=O)[C@@H](N)C(C)C)CC1. The van der Waals surface area contributed by atoms with Gasteiger partial charge < -0.3 is 15.5 Å². The Hall–Kier alpha value is -1.55. The fourth-order valence-corrected chi connectivity index (χ4v) is 2.58. The van der Waals surface area contributed by atoms with E-state index in [9.17, 15) is 4.79 Å². The van der Waals surface area contributed by atoms with Crippen molar-refractivity contribution in [3.8, 4) is 0 Å². The van der Waals surface area contributed by atoms with E-state index in [1.807, 2.05) is 18.7 Å². The van der Waals surface area contributed by atoms with E-state index < -0.39 is 0 Å². The number of hydrogen-bond donors (Lipinski definition) is 1. The Balaban J connectivity index is 1.96. The Labute approximate surface area is 121 Å². The minimum atomic E-state index is -0.375. The highest BCUT2D eigenvalue weighted by Crippen LogP contribution is 2.21. The lowest BCUT2D eigenvalue weighted by Crippen LogP contribution is -2.54. The van der Waals surface area contributed by atoms with Crippen LogP contribution < -0.4 is 10.6 Å². The molecule has 1 fully saturated rings. The molecule has 0 saturated carbocycles. The lowest BCUT2D eigenvalue weighted by Gasteiger charge is -2.38. The molecule has 2 N–H and O–H groups in total. The van der Waals surface area contributed by atoms with Gasteiger partial charge in [0.15, 0.2) is 0 Å². The standard InChI is InChI=1S/C16H25N3O/c1-12(2)15(17)16(20)19-10-8-18(9-11-19)14-7-5-4-6-13(14)3/h4-7,12,15H,8-11,17H2,1-3H3/t15-/m0/s1. The van der Waals surface area contributed by atoms with Crippen molar-refractivity contribution in [2.24, 2.45) is 11.7 Å². The van der Waals surface area contributed by atoms with E-state index in [1.54, 1.807) is 0 Å². The number of aryl methyl sites for hydroxylation is 1. The molecule has 2 rings (SSSR count). The van der Waals surface area contributed by atoms with Crippen LogP contribution >= 0.6 is 0 Å². The van der Waals surface area contributed by atoms with Gasteiger partial charge in [0.1, 0.15) is 0 Å². The molecule has 0 unspecified atom stereocenters. The van der Waals surface area contributed by atoms with Crippen molar-refractivity contribution >= 4 is 11.6 Å². The number of carbonyl (C=O) groups is 1. The maximum Gasteiger partial charge on any atom is 0.239 e. The Morgan fingerprint density at radius 1 is 1.15 bits per heavy atom. The van der Waals surface area contributed by atoms with E-state index in [1.165, 1.54) is 11.3 Å². The molecule has 1 aliphatic heterocycles. The predicted octanol–water partition coefficient (Wildman–Crippen LogP) is 1.63. The summed E-state index contributed by atoms with van der Waals surface area (Å²) in [6.45, 7) is 9.38. The maximum absolute atomic E-state index is 12.2. The minimum absolute atomic E-state index is 0.0874. The average molecular weight is 275 g/mol. The number of para-hydroxylation sites is 1. The first kappa shape index (κ1) is 14.9. The van der Waals surface area contributed by atoms with Gasteiger partial charge in [0.05, 0.1) is 6.04 Å². The number of anilines is 1. The highest BCUT2D eigenvalue weighted by molar-refractivity contribution is 5.82. The summed E-state index contributed by atoms with van der Waals surface area (Å²) in [6, 6.07) is 8.02. The minimum Gasteiger partial charge on any atom is -0.368 e. The number of piperazine rings is 1. The van der Waals surface area contributed by atoms with Gasteiger partial charge in [0, 0.05) is 31.9 Å². The lowest BCUT2D eigenvalue weighted by atomic mass is 10.0. The number of amides is 1. The van der Waals surface area contributed by atoms with Crippen LogP contribution in [-0.2, 0) is 4.79 Å². The average Bonchev–Trinajstić information content (AvgIpc) is 2.46.